The van der Waals surface area contributed by atoms with E-state index in [1.54, 1.807) is 0 Å². The van der Waals surface area contributed by atoms with Gasteiger partial charge in [-0.1, -0.05) is 15.9 Å². The zero-order valence-corrected chi connectivity index (χ0v) is 12.4. The predicted octanol–water partition coefficient (Wildman–Crippen LogP) is 2.32. The summed E-state index contributed by atoms with van der Waals surface area (Å²) < 4.78 is 6.74. The monoisotopic (exact) mass is 300 g/mol. The summed E-state index contributed by atoms with van der Waals surface area (Å²) in [6.07, 6.45) is 0. The van der Waals surface area contributed by atoms with E-state index in [4.69, 9.17) is 4.74 Å². The molecule has 0 saturated carbocycles. The van der Waals surface area contributed by atoms with Crippen LogP contribution in [0.4, 0.5) is 0 Å². The van der Waals surface area contributed by atoms with Crippen molar-refractivity contribution in [2.75, 3.05) is 47.4 Å². The molecule has 0 amide bonds. The van der Waals surface area contributed by atoms with Crippen molar-refractivity contribution in [1.82, 2.24) is 9.80 Å². The molecule has 1 rings (SSSR count). The molecule has 0 aliphatic rings. The third-order valence-electron chi connectivity index (χ3n) is 2.48. The van der Waals surface area contributed by atoms with Crippen LogP contribution in [0.1, 0.15) is 0 Å². The smallest absolute Gasteiger partial charge is 0.119 e. The molecule has 1 aromatic carbocycles. The number of likely N-dealkylation sites (N-methyl/N-ethyl adjacent to an activating group) is 2. The van der Waals surface area contributed by atoms with Gasteiger partial charge in [-0.25, -0.2) is 0 Å². The Labute approximate surface area is 112 Å². The van der Waals surface area contributed by atoms with Crippen LogP contribution in [0.15, 0.2) is 28.7 Å². The Kier molecular flexibility index (Phi) is 6.55. The van der Waals surface area contributed by atoms with Crippen LogP contribution in [-0.4, -0.2) is 57.2 Å². The summed E-state index contributed by atoms with van der Waals surface area (Å²) in [5, 5.41) is 0. The fourth-order valence-electron chi connectivity index (χ4n) is 1.33. The van der Waals surface area contributed by atoms with Crippen LogP contribution in [0, 0.1) is 0 Å². The molecule has 0 aromatic heterocycles. The Hall–Kier alpha value is -0.580. The van der Waals surface area contributed by atoms with Gasteiger partial charge in [-0.2, -0.15) is 0 Å². The fraction of sp³-hybridized carbons (Fsp3) is 0.538. The molecule has 0 fully saturated rings. The first-order valence-electron chi connectivity index (χ1n) is 5.79. The minimum Gasteiger partial charge on any atom is -0.492 e. The maximum Gasteiger partial charge on any atom is 0.119 e. The first kappa shape index (κ1) is 14.5. The molecule has 0 bridgehead atoms. The van der Waals surface area contributed by atoms with Gasteiger partial charge in [0.1, 0.15) is 12.4 Å². The maximum absolute atomic E-state index is 5.66. The topological polar surface area (TPSA) is 15.7 Å². The second kappa shape index (κ2) is 7.69. The van der Waals surface area contributed by atoms with Crippen LogP contribution in [0.5, 0.6) is 5.75 Å². The van der Waals surface area contributed by atoms with Gasteiger partial charge in [-0.3, -0.25) is 0 Å². The molecular formula is C13H21BrN2O. The second-order valence-electron chi connectivity index (χ2n) is 4.41. The quantitative estimate of drug-likeness (QED) is 0.769. The van der Waals surface area contributed by atoms with Crippen LogP contribution in [0.25, 0.3) is 0 Å². The SMILES string of the molecule is CN(C)CCN(C)CCOc1ccc(Br)cc1. The molecule has 0 radical (unpaired) electrons. The lowest BCUT2D eigenvalue weighted by Crippen LogP contribution is -2.31. The third-order valence-corrected chi connectivity index (χ3v) is 3.01. The molecule has 0 saturated heterocycles. The van der Waals surface area contributed by atoms with Crippen molar-refractivity contribution < 1.29 is 4.74 Å². The third kappa shape index (κ3) is 6.66. The zero-order chi connectivity index (χ0) is 12.7. The highest BCUT2D eigenvalue weighted by Gasteiger charge is 2.00. The molecule has 96 valence electrons. The number of halogens is 1. The van der Waals surface area contributed by atoms with E-state index in [2.05, 4.69) is 46.9 Å². The van der Waals surface area contributed by atoms with Crippen molar-refractivity contribution >= 4 is 15.9 Å². The number of rotatable bonds is 7. The molecule has 0 aliphatic heterocycles. The average Bonchev–Trinajstić information content (AvgIpc) is 2.29. The van der Waals surface area contributed by atoms with E-state index in [9.17, 15) is 0 Å². The molecule has 0 aliphatic carbocycles. The summed E-state index contributed by atoms with van der Waals surface area (Å²) >= 11 is 3.40. The Balaban J connectivity index is 2.16. The van der Waals surface area contributed by atoms with Crippen LogP contribution in [0.2, 0.25) is 0 Å². The number of hydrogen-bond acceptors (Lipinski definition) is 3. The van der Waals surface area contributed by atoms with Crippen LogP contribution in [0.3, 0.4) is 0 Å². The molecule has 0 N–H and O–H groups in total. The molecule has 0 heterocycles. The normalized spacial score (nSPS) is 11.2. The Morgan fingerprint density at radius 1 is 1.00 bits per heavy atom. The van der Waals surface area contributed by atoms with Crippen LogP contribution >= 0.6 is 15.9 Å². The van der Waals surface area contributed by atoms with Crippen LogP contribution < -0.4 is 4.74 Å². The highest BCUT2D eigenvalue weighted by atomic mass is 79.9. The molecule has 1 aromatic rings. The average molecular weight is 301 g/mol. The summed E-state index contributed by atoms with van der Waals surface area (Å²) in [5.74, 6) is 0.925. The Morgan fingerprint density at radius 3 is 2.24 bits per heavy atom. The van der Waals surface area contributed by atoms with Gasteiger partial charge in [0.25, 0.3) is 0 Å². The van der Waals surface area contributed by atoms with Crippen LogP contribution in [-0.2, 0) is 0 Å². The summed E-state index contributed by atoms with van der Waals surface area (Å²) in [5.41, 5.74) is 0. The van der Waals surface area contributed by atoms with E-state index in [0.717, 1.165) is 36.5 Å². The first-order valence-corrected chi connectivity index (χ1v) is 6.59. The molecule has 3 nitrogen and oxygen atoms in total. The van der Waals surface area contributed by atoms with Gasteiger partial charge in [0, 0.05) is 24.1 Å². The highest BCUT2D eigenvalue weighted by Crippen LogP contribution is 2.15. The van der Waals surface area contributed by atoms with E-state index >= 15 is 0 Å². The lowest BCUT2D eigenvalue weighted by atomic mass is 10.3. The zero-order valence-electron chi connectivity index (χ0n) is 10.8. The number of nitrogens with zero attached hydrogens (tertiary/aromatic N) is 2. The molecular weight excluding hydrogens is 280 g/mol. The van der Waals surface area contributed by atoms with Gasteiger partial charge < -0.3 is 14.5 Å². The molecule has 0 unspecified atom stereocenters. The van der Waals surface area contributed by atoms with Crippen molar-refractivity contribution in [2.45, 2.75) is 0 Å². The first-order chi connectivity index (χ1) is 8.08. The van der Waals surface area contributed by atoms with E-state index in [-0.39, 0.29) is 0 Å². The Morgan fingerprint density at radius 2 is 1.65 bits per heavy atom. The molecule has 4 heteroatoms. The van der Waals surface area contributed by atoms with Gasteiger partial charge >= 0.3 is 0 Å². The Bertz CT molecular complexity index is 314. The van der Waals surface area contributed by atoms with Gasteiger partial charge in [0.15, 0.2) is 0 Å². The van der Waals surface area contributed by atoms with Crippen molar-refractivity contribution in [3.8, 4) is 5.75 Å². The highest BCUT2D eigenvalue weighted by molar-refractivity contribution is 9.10. The number of benzene rings is 1. The maximum atomic E-state index is 5.66. The van der Waals surface area contributed by atoms with Gasteiger partial charge in [-0.15, -0.1) is 0 Å². The van der Waals surface area contributed by atoms with Crippen molar-refractivity contribution in [2.24, 2.45) is 0 Å². The minimum atomic E-state index is 0.728. The summed E-state index contributed by atoms with van der Waals surface area (Å²) in [4.78, 5) is 4.46. The second-order valence-corrected chi connectivity index (χ2v) is 5.32. The molecule has 0 atom stereocenters. The molecule has 17 heavy (non-hydrogen) atoms. The summed E-state index contributed by atoms with van der Waals surface area (Å²) in [6, 6.07) is 7.93. The number of hydrogen-bond donors (Lipinski definition) is 0. The summed E-state index contributed by atoms with van der Waals surface area (Å²) in [7, 11) is 6.30. The van der Waals surface area contributed by atoms with Gasteiger partial charge in [0.2, 0.25) is 0 Å². The van der Waals surface area contributed by atoms with E-state index in [1.807, 2.05) is 24.3 Å². The van der Waals surface area contributed by atoms with Gasteiger partial charge in [0.05, 0.1) is 0 Å². The van der Waals surface area contributed by atoms with Crippen molar-refractivity contribution in [3.63, 3.8) is 0 Å². The summed E-state index contributed by atoms with van der Waals surface area (Å²) in [6.45, 7) is 3.82. The van der Waals surface area contributed by atoms with Crippen molar-refractivity contribution in [3.05, 3.63) is 28.7 Å². The number of ether oxygens (including phenoxy) is 1. The largest absolute Gasteiger partial charge is 0.492 e. The fourth-order valence-corrected chi connectivity index (χ4v) is 1.60. The van der Waals surface area contributed by atoms with E-state index in [0.29, 0.717) is 0 Å². The molecule has 0 spiro atoms. The minimum absolute atomic E-state index is 0.728. The predicted molar refractivity (Wildman–Crippen MR) is 75.7 cm³/mol. The van der Waals surface area contributed by atoms with Crippen molar-refractivity contribution in [1.29, 1.82) is 0 Å². The van der Waals surface area contributed by atoms with E-state index < -0.39 is 0 Å². The standard InChI is InChI=1S/C13H21BrN2O/c1-15(2)8-9-16(3)10-11-17-13-6-4-12(14)5-7-13/h4-7H,8-11H2,1-3H3. The lowest BCUT2D eigenvalue weighted by Gasteiger charge is -2.19. The van der Waals surface area contributed by atoms with Gasteiger partial charge in [-0.05, 0) is 45.4 Å². The lowest BCUT2D eigenvalue weighted by molar-refractivity contribution is 0.222. The van der Waals surface area contributed by atoms with E-state index in [1.165, 1.54) is 0 Å².